The van der Waals surface area contributed by atoms with E-state index in [-0.39, 0.29) is 34.8 Å². The minimum atomic E-state index is -0.818. The van der Waals surface area contributed by atoms with Crippen LogP contribution in [0.5, 0.6) is 17.2 Å². The van der Waals surface area contributed by atoms with E-state index in [1.54, 1.807) is 23.6 Å². The van der Waals surface area contributed by atoms with Crippen LogP contribution >= 0.6 is 0 Å². The van der Waals surface area contributed by atoms with Gasteiger partial charge in [-0.15, -0.1) is 0 Å². The molecule has 1 aromatic heterocycles. The zero-order valence-electron chi connectivity index (χ0n) is 32.5. The van der Waals surface area contributed by atoms with Gasteiger partial charge in [-0.2, -0.15) is 0 Å². The third kappa shape index (κ3) is 10.4. The first-order valence-corrected chi connectivity index (χ1v) is 19.8. The highest BCUT2D eigenvalue weighted by molar-refractivity contribution is 6.07. The van der Waals surface area contributed by atoms with Crippen molar-refractivity contribution in [1.29, 1.82) is 0 Å². The lowest BCUT2D eigenvalue weighted by molar-refractivity contribution is -0.941. The molecule has 3 saturated heterocycles. The van der Waals surface area contributed by atoms with Gasteiger partial charge in [0, 0.05) is 73.8 Å². The standard InChI is InChI=1S/C43H55F2N4O5.BrH/c1-4-22-53-38-28-35(27-37(29-38)52-6-3)48-31-40(43(51)47(5-2)34-25-32(44)24-33(45)26-34)42(50)39-14-13-36(30-41(39)48)54-23-12-10-8-7-9-11-18-49-19-15-46(16-20-49)17-21-49;/h13-14,24-31H,4-12,15-23H2,1-3H3;1H/q+1;/p-1. The predicted octanol–water partition coefficient (Wildman–Crippen LogP) is 4.99. The van der Waals surface area contributed by atoms with Gasteiger partial charge in [0.15, 0.2) is 0 Å². The Morgan fingerprint density at radius 2 is 1.40 bits per heavy atom. The fourth-order valence-electron chi connectivity index (χ4n) is 7.81. The molecule has 0 N–H and O–H groups in total. The van der Waals surface area contributed by atoms with Crippen molar-refractivity contribution in [2.75, 3.05) is 77.1 Å². The number of quaternary nitrogens is 1. The molecular formula is C43H55BrF2N4O5. The highest BCUT2D eigenvalue weighted by Crippen LogP contribution is 2.30. The Labute approximate surface area is 334 Å². The Bertz CT molecular complexity index is 1930. The highest BCUT2D eigenvalue weighted by Gasteiger charge is 2.37. The van der Waals surface area contributed by atoms with E-state index in [4.69, 9.17) is 14.2 Å². The number of anilines is 1. The van der Waals surface area contributed by atoms with E-state index in [9.17, 15) is 18.4 Å². The number of amides is 1. The molecule has 0 atom stereocenters. The molecule has 9 nitrogen and oxygen atoms in total. The highest BCUT2D eigenvalue weighted by atomic mass is 79.9. The number of pyridine rings is 1. The number of hydrogen-bond donors (Lipinski definition) is 0. The Morgan fingerprint density at radius 1 is 0.764 bits per heavy atom. The van der Waals surface area contributed by atoms with E-state index in [2.05, 4.69) is 4.90 Å². The van der Waals surface area contributed by atoms with Crippen LogP contribution in [0.15, 0.2) is 65.6 Å². The molecule has 0 unspecified atom stereocenters. The zero-order chi connectivity index (χ0) is 38.1. The largest absolute Gasteiger partial charge is 1.00 e. The van der Waals surface area contributed by atoms with Crippen molar-refractivity contribution in [3.05, 3.63) is 88.2 Å². The quantitative estimate of drug-likeness (QED) is 0.0982. The zero-order valence-corrected chi connectivity index (χ0v) is 34.1. The molecule has 7 rings (SSSR count). The molecule has 3 aliphatic heterocycles. The van der Waals surface area contributed by atoms with Crippen LogP contribution in [0.3, 0.4) is 0 Å². The number of rotatable bonds is 19. The molecular weight excluding hydrogens is 770 g/mol. The van der Waals surface area contributed by atoms with Crippen LogP contribution in [0.1, 0.15) is 76.1 Å². The number of ether oxygens (including phenoxy) is 3. The number of piperazine rings is 3. The van der Waals surface area contributed by atoms with E-state index in [0.29, 0.717) is 53.7 Å². The second kappa shape index (κ2) is 19.7. The van der Waals surface area contributed by atoms with Crippen molar-refractivity contribution >= 4 is 22.5 Å². The maximum atomic E-state index is 14.2. The second-order valence-corrected chi connectivity index (χ2v) is 14.6. The minimum absolute atomic E-state index is 0. The van der Waals surface area contributed by atoms with E-state index < -0.39 is 23.0 Å². The van der Waals surface area contributed by atoms with Crippen LogP contribution in [0.4, 0.5) is 14.5 Å². The molecule has 3 aliphatic rings. The van der Waals surface area contributed by atoms with Crippen molar-refractivity contribution in [2.45, 2.75) is 65.7 Å². The number of unbranched alkanes of at least 4 members (excludes halogenated alkanes) is 5. The second-order valence-electron chi connectivity index (χ2n) is 14.6. The maximum absolute atomic E-state index is 14.2. The molecule has 4 heterocycles. The van der Waals surface area contributed by atoms with Crippen LogP contribution in [0.2, 0.25) is 0 Å². The van der Waals surface area contributed by atoms with Gasteiger partial charge in [-0.3, -0.25) is 14.5 Å². The van der Waals surface area contributed by atoms with Gasteiger partial charge in [0.25, 0.3) is 5.91 Å². The molecule has 3 fully saturated rings. The summed E-state index contributed by atoms with van der Waals surface area (Å²) < 4.78 is 49.6. The van der Waals surface area contributed by atoms with Crippen molar-refractivity contribution < 1.29 is 49.3 Å². The van der Waals surface area contributed by atoms with E-state index in [0.717, 1.165) is 37.5 Å². The molecule has 3 aromatic carbocycles. The topological polar surface area (TPSA) is 73.2 Å². The van der Waals surface area contributed by atoms with Gasteiger partial charge in [0.1, 0.15) is 34.4 Å². The summed E-state index contributed by atoms with van der Waals surface area (Å²) in [6.07, 6.45) is 9.32. The van der Waals surface area contributed by atoms with Crippen LogP contribution < -0.4 is 41.5 Å². The number of benzene rings is 3. The van der Waals surface area contributed by atoms with E-state index in [1.165, 1.54) is 87.1 Å². The van der Waals surface area contributed by atoms with Crippen molar-refractivity contribution in [1.82, 2.24) is 9.47 Å². The first-order chi connectivity index (χ1) is 26.2. The monoisotopic (exact) mass is 824 g/mol. The average molecular weight is 826 g/mol. The molecule has 0 radical (unpaired) electrons. The fraction of sp³-hybridized carbons (Fsp3) is 0.488. The molecule has 55 heavy (non-hydrogen) atoms. The van der Waals surface area contributed by atoms with Crippen LogP contribution in [0, 0.1) is 11.6 Å². The van der Waals surface area contributed by atoms with Gasteiger partial charge in [-0.05, 0) is 63.8 Å². The summed E-state index contributed by atoms with van der Waals surface area (Å²) in [5, 5.41) is 0.296. The van der Waals surface area contributed by atoms with Gasteiger partial charge in [0.05, 0.1) is 57.2 Å². The van der Waals surface area contributed by atoms with Gasteiger partial charge >= 0.3 is 0 Å². The van der Waals surface area contributed by atoms with Crippen LogP contribution in [-0.2, 0) is 0 Å². The number of carbonyl (C=O) groups excluding carboxylic acids is 1. The van der Waals surface area contributed by atoms with Crippen molar-refractivity contribution in [2.24, 2.45) is 0 Å². The van der Waals surface area contributed by atoms with Gasteiger partial charge < -0.3 is 45.1 Å². The lowest BCUT2D eigenvalue weighted by atomic mass is 10.1. The van der Waals surface area contributed by atoms with Gasteiger partial charge in [-0.25, -0.2) is 8.78 Å². The minimum Gasteiger partial charge on any atom is -1.00 e. The maximum Gasteiger partial charge on any atom is 0.263 e. The number of halogens is 3. The number of aromatic nitrogens is 1. The third-order valence-corrected chi connectivity index (χ3v) is 10.8. The third-order valence-electron chi connectivity index (χ3n) is 10.8. The van der Waals surface area contributed by atoms with Crippen LogP contribution in [-0.4, -0.2) is 92.0 Å². The summed E-state index contributed by atoms with van der Waals surface area (Å²) in [4.78, 5) is 31.9. The number of carbonyl (C=O) groups is 1. The van der Waals surface area contributed by atoms with Crippen molar-refractivity contribution in [3.8, 4) is 22.9 Å². The Hall–Kier alpha value is -4.00. The summed E-state index contributed by atoms with van der Waals surface area (Å²) in [7, 11) is 0. The molecule has 0 spiro atoms. The molecule has 4 aromatic rings. The summed E-state index contributed by atoms with van der Waals surface area (Å²) in [5.74, 6) is -0.559. The van der Waals surface area contributed by atoms with Gasteiger partial charge in [-0.1, -0.05) is 26.2 Å². The molecule has 12 heteroatoms. The summed E-state index contributed by atoms with van der Waals surface area (Å²) in [5.41, 5.74) is 0.514. The first kappa shape index (κ1) is 42.1. The number of hydrogen-bond acceptors (Lipinski definition) is 6. The summed E-state index contributed by atoms with van der Waals surface area (Å²) in [6, 6.07) is 13.6. The van der Waals surface area contributed by atoms with E-state index >= 15 is 0 Å². The Balaban J connectivity index is 0.00000580. The fourth-order valence-corrected chi connectivity index (χ4v) is 7.81. The molecule has 0 saturated carbocycles. The lowest BCUT2D eigenvalue weighted by Gasteiger charge is -2.50. The predicted molar refractivity (Wildman–Crippen MR) is 210 cm³/mol. The Kier molecular flexibility index (Phi) is 15.1. The number of fused-ring (bicyclic) bond motifs is 4. The average Bonchev–Trinajstić information content (AvgIpc) is 3.17. The van der Waals surface area contributed by atoms with Gasteiger partial charge in [0.2, 0.25) is 5.43 Å². The van der Waals surface area contributed by atoms with E-state index in [1.807, 2.05) is 38.1 Å². The van der Waals surface area contributed by atoms with Crippen LogP contribution in [0.25, 0.3) is 16.6 Å². The first-order valence-electron chi connectivity index (χ1n) is 19.8. The smallest absolute Gasteiger partial charge is 0.263 e. The molecule has 0 aliphatic carbocycles. The Morgan fingerprint density at radius 3 is 2.05 bits per heavy atom. The van der Waals surface area contributed by atoms with Crippen molar-refractivity contribution in [3.63, 3.8) is 0 Å². The summed E-state index contributed by atoms with van der Waals surface area (Å²) in [6.45, 7) is 16.3. The molecule has 298 valence electrons. The normalized spacial score (nSPS) is 17.5. The lowest BCUT2D eigenvalue weighted by Crippen LogP contribution is -3.00. The molecule has 1 amide bonds. The SMILES string of the molecule is CCCOc1cc(OCC)cc(-n2cc(C(=O)N(CC)c3cc(F)cc(F)c3)c(=O)c3ccc(OCCCCCCCC[N+]45CCN(CC4)CC5)cc32)c1.[Br-]. The number of nitrogens with zero attached hydrogens (tertiary/aromatic N) is 4. The molecule has 2 bridgehead atoms. The summed E-state index contributed by atoms with van der Waals surface area (Å²) >= 11 is 0.